The summed E-state index contributed by atoms with van der Waals surface area (Å²) < 4.78 is 32.1. The second kappa shape index (κ2) is 5.44. The maximum absolute atomic E-state index is 13.8. The Hall–Kier alpha value is -0.950. The van der Waals surface area contributed by atoms with Gasteiger partial charge >= 0.3 is 6.09 Å². The first-order chi connectivity index (χ1) is 8.80. The molecule has 1 atom stereocenters. The number of nitrogens with zero attached hydrogens (tertiary/aromatic N) is 2. The molecule has 1 fully saturated rings. The van der Waals surface area contributed by atoms with E-state index in [1.165, 1.54) is 19.0 Å². The van der Waals surface area contributed by atoms with E-state index in [1.54, 1.807) is 20.8 Å². The zero-order chi connectivity index (χ0) is 15.8. The average molecular weight is 294 g/mol. The van der Waals surface area contributed by atoms with E-state index in [4.69, 9.17) is 4.74 Å². The number of quaternary nitrogens is 1. The second-order valence-electron chi connectivity index (χ2n) is 6.89. The van der Waals surface area contributed by atoms with Crippen molar-refractivity contribution >= 4 is 6.09 Å². The van der Waals surface area contributed by atoms with Gasteiger partial charge in [-0.15, -0.1) is 0 Å². The number of rotatable bonds is 2. The Balaban J connectivity index is 2.73. The molecule has 7 heteroatoms. The van der Waals surface area contributed by atoms with Gasteiger partial charge < -0.3 is 19.5 Å². The number of likely N-dealkylation sites (tertiary alicyclic amines) is 1. The highest BCUT2D eigenvalue weighted by Crippen LogP contribution is 2.35. The number of piperidine rings is 1. The summed E-state index contributed by atoms with van der Waals surface area (Å²) >= 11 is 0. The molecule has 1 saturated heterocycles. The molecule has 1 heterocycles. The summed E-state index contributed by atoms with van der Waals surface area (Å²) in [6, 6.07) is 0. The monoisotopic (exact) mass is 294 g/mol. The highest BCUT2D eigenvalue weighted by atomic mass is 19.3. The Morgan fingerprint density at radius 3 is 2.45 bits per heavy atom. The van der Waals surface area contributed by atoms with Crippen molar-refractivity contribution in [2.24, 2.45) is 5.92 Å². The van der Waals surface area contributed by atoms with E-state index >= 15 is 0 Å². The minimum absolute atomic E-state index is 0.0509. The third-order valence-electron chi connectivity index (χ3n) is 3.06. The summed E-state index contributed by atoms with van der Waals surface area (Å²) in [5.74, 6) is -4.06. The van der Waals surface area contributed by atoms with Gasteiger partial charge in [0.15, 0.2) is 0 Å². The quantitative estimate of drug-likeness (QED) is 0.580. The number of ether oxygens (including phenoxy) is 1. The highest BCUT2D eigenvalue weighted by Gasteiger charge is 2.47. The van der Waals surface area contributed by atoms with Gasteiger partial charge in [-0.2, -0.15) is 0 Å². The summed E-state index contributed by atoms with van der Waals surface area (Å²) in [4.78, 5) is 13.2. The topological polar surface area (TPSA) is 52.6 Å². The summed E-state index contributed by atoms with van der Waals surface area (Å²) in [6.45, 7) is 4.73. The molecule has 1 unspecified atom stereocenters. The molecule has 0 radical (unpaired) electrons. The van der Waals surface area contributed by atoms with Gasteiger partial charge in [-0.25, -0.2) is 13.6 Å². The molecule has 0 bridgehead atoms. The first-order valence-electron chi connectivity index (χ1n) is 6.70. The van der Waals surface area contributed by atoms with Crippen LogP contribution < -0.4 is 0 Å². The molecule has 0 aromatic heterocycles. The van der Waals surface area contributed by atoms with Crippen LogP contribution >= 0.6 is 0 Å². The molecule has 1 rings (SSSR count). The molecule has 1 aliphatic heterocycles. The van der Waals surface area contributed by atoms with Crippen LogP contribution in [0.3, 0.4) is 0 Å². The van der Waals surface area contributed by atoms with E-state index in [0.29, 0.717) is 0 Å². The van der Waals surface area contributed by atoms with E-state index in [-0.39, 0.29) is 19.6 Å². The minimum Gasteiger partial charge on any atom is -0.633 e. The molecule has 0 aliphatic carbocycles. The van der Waals surface area contributed by atoms with Crippen LogP contribution in [0.15, 0.2) is 0 Å². The molecular formula is C13H24F2N2O3. The van der Waals surface area contributed by atoms with Gasteiger partial charge in [-0.3, -0.25) is 0 Å². The summed E-state index contributed by atoms with van der Waals surface area (Å²) in [5.41, 5.74) is -0.666. The van der Waals surface area contributed by atoms with E-state index in [0.717, 1.165) is 0 Å². The van der Waals surface area contributed by atoms with E-state index in [9.17, 15) is 18.8 Å². The van der Waals surface area contributed by atoms with Crippen molar-refractivity contribution in [3.63, 3.8) is 0 Å². The molecule has 0 N–H and O–H groups in total. The van der Waals surface area contributed by atoms with Crippen LogP contribution in [0.4, 0.5) is 13.6 Å². The lowest BCUT2D eigenvalue weighted by Gasteiger charge is -2.43. The molecule has 0 aromatic carbocycles. The number of hydrogen-bond acceptors (Lipinski definition) is 3. The molecule has 0 spiro atoms. The van der Waals surface area contributed by atoms with Crippen LogP contribution in [-0.2, 0) is 4.74 Å². The van der Waals surface area contributed by atoms with Gasteiger partial charge in [-0.05, 0) is 20.8 Å². The SMILES string of the molecule is CC(C)(C)OC(=O)N1CCC(F)(F)C(C[N+](C)(C)[O-])C1. The molecule has 0 saturated carbocycles. The smallest absolute Gasteiger partial charge is 0.410 e. The van der Waals surface area contributed by atoms with Crippen LogP contribution in [0.5, 0.6) is 0 Å². The van der Waals surface area contributed by atoms with Crippen molar-refractivity contribution in [3.05, 3.63) is 5.21 Å². The van der Waals surface area contributed by atoms with Crippen molar-refractivity contribution < 1.29 is 23.0 Å². The van der Waals surface area contributed by atoms with Gasteiger partial charge in [0.2, 0.25) is 0 Å². The zero-order valence-corrected chi connectivity index (χ0v) is 12.8. The van der Waals surface area contributed by atoms with E-state index in [1.807, 2.05) is 0 Å². The molecular weight excluding hydrogens is 270 g/mol. The predicted molar refractivity (Wildman–Crippen MR) is 71.2 cm³/mol. The largest absolute Gasteiger partial charge is 0.633 e. The van der Waals surface area contributed by atoms with Crippen molar-refractivity contribution in [3.8, 4) is 0 Å². The molecule has 118 valence electrons. The summed E-state index contributed by atoms with van der Waals surface area (Å²) in [7, 11) is 2.64. The van der Waals surface area contributed by atoms with E-state index < -0.39 is 34.6 Å². The number of halogens is 2. The third-order valence-corrected chi connectivity index (χ3v) is 3.06. The van der Waals surface area contributed by atoms with Crippen LogP contribution in [0.2, 0.25) is 0 Å². The maximum atomic E-state index is 13.8. The minimum atomic E-state index is -2.92. The number of carbonyl (C=O) groups excluding carboxylic acids is 1. The molecule has 5 nitrogen and oxygen atoms in total. The van der Waals surface area contributed by atoms with E-state index in [2.05, 4.69) is 0 Å². The predicted octanol–water partition coefficient (Wildman–Crippen LogP) is 2.45. The lowest BCUT2D eigenvalue weighted by Crippen LogP contribution is -2.55. The summed E-state index contributed by atoms with van der Waals surface area (Å²) in [5, 5.41) is 11.6. The van der Waals surface area contributed by atoms with Crippen molar-refractivity contribution in [2.75, 3.05) is 33.7 Å². The van der Waals surface area contributed by atoms with Crippen molar-refractivity contribution in [1.29, 1.82) is 0 Å². The van der Waals surface area contributed by atoms with Crippen LogP contribution in [0.25, 0.3) is 0 Å². The third kappa shape index (κ3) is 5.20. The fraction of sp³-hybridized carbons (Fsp3) is 0.923. The first kappa shape index (κ1) is 17.1. The Morgan fingerprint density at radius 1 is 1.45 bits per heavy atom. The Kier molecular flexibility index (Phi) is 4.65. The fourth-order valence-electron chi connectivity index (χ4n) is 2.19. The van der Waals surface area contributed by atoms with Gasteiger partial charge in [-0.1, -0.05) is 0 Å². The number of amides is 1. The van der Waals surface area contributed by atoms with Crippen LogP contribution in [0, 0.1) is 11.1 Å². The number of carbonyl (C=O) groups is 1. The van der Waals surface area contributed by atoms with Crippen molar-refractivity contribution in [1.82, 2.24) is 4.90 Å². The fourth-order valence-corrected chi connectivity index (χ4v) is 2.19. The van der Waals surface area contributed by atoms with Crippen molar-refractivity contribution in [2.45, 2.75) is 38.7 Å². The van der Waals surface area contributed by atoms with Gasteiger partial charge in [0, 0.05) is 19.5 Å². The number of alkyl halides is 2. The highest BCUT2D eigenvalue weighted by molar-refractivity contribution is 5.68. The van der Waals surface area contributed by atoms with Crippen LogP contribution in [0.1, 0.15) is 27.2 Å². The number of hydrogen-bond donors (Lipinski definition) is 0. The lowest BCUT2D eigenvalue weighted by molar-refractivity contribution is -0.845. The van der Waals surface area contributed by atoms with Gasteiger partial charge in [0.1, 0.15) is 5.60 Å². The molecule has 1 amide bonds. The standard InChI is InChI=1S/C13H24F2N2O3/c1-12(2,3)20-11(18)16-7-6-13(14,15)10(8-16)9-17(4,5)19/h10H,6-9H2,1-5H3. The lowest BCUT2D eigenvalue weighted by atomic mass is 9.93. The van der Waals surface area contributed by atoms with Gasteiger partial charge in [0.25, 0.3) is 5.92 Å². The second-order valence-corrected chi connectivity index (χ2v) is 6.89. The van der Waals surface area contributed by atoms with Gasteiger partial charge in [0.05, 0.1) is 26.6 Å². The Bertz CT molecular complexity index is 362. The Morgan fingerprint density at radius 2 is 2.00 bits per heavy atom. The normalized spacial score (nSPS) is 23.6. The molecule has 0 aromatic rings. The number of hydroxylamine groups is 3. The molecule has 1 aliphatic rings. The zero-order valence-electron chi connectivity index (χ0n) is 12.8. The Labute approximate surface area is 118 Å². The van der Waals surface area contributed by atoms with Crippen LogP contribution in [-0.4, -0.2) is 60.9 Å². The first-order valence-corrected chi connectivity index (χ1v) is 6.70. The molecule has 20 heavy (non-hydrogen) atoms. The average Bonchev–Trinajstić information content (AvgIpc) is 2.16. The maximum Gasteiger partial charge on any atom is 0.410 e. The summed E-state index contributed by atoms with van der Waals surface area (Å²) in [6.07, 6.45) is -1.04.